The fraction of sp³-hybridized carbons (Fsp3) is 0.526. The Morgan fingerprint density at radius 2 is 1.58 bits per heavy atom. The van der Waals surface area contributed by atoms with Gasteiger partial charge in [0.25, 0.3) is 0 Å². The molecule has 0 aromatic heterocycles. The molecule has 1 N–H and O–H groups in total. The zero-order chi connectivity index (χ0) is 35.5. The first kappa shape index (κ1) is 38.2. The molecule has 0 radical (unpaired) electrons. The molecule has 2 aliphatic rings. The van der Waals surface area contributed by atoms with Crippen LogP contribution in [0.4, 0.5) is 5.69 Å². The monoisotopic (exact) mass is 712 g/mol. The van der Waals surface area contributed by atoms with Crippen LogP contribution in [0.2, 0.25) is 0 Å². The molecule has 0 spiro atoms. The van der Waals surface area contributed by atoms with Crippen molar-refractivity contribution in [2.75, 3.05) is 78.3 Å². The van der Waals surface area contributed by atoms with E-state index in [1.807, 2.05) is 43.3 Å². The Labute approximate surface area is 297 Å². The van der Waals surface area contributed by atoms with Gasteiger partial charge in [-0.1, -0.05) is 48.0 Å². The van der Waals surface area contributed by atoms with Crippen LogP contribution in [0.5, 0.6) is 5.75 Å². The largest absolute Gasteiger partial charge is 0.490 e. The molecule has 11 nitrogen and oxygen atoms in total. The smallest absolute Gasteiger partial charge is 0.243 e. The van der Waals surface area contributed by atoms with Gasteiger partial charge in [-0.15, -0.1) is 0 Å². The molecule has 5 rings (SSSR count). The first-order chi connectivity index (χ1) is 24.2. The number of methoxy groups -OCH3 is 2. The zero-order valence-corrected chi connectivity index (χ0v) is 30.5. The molecule has 1 saturated heterocycles. The first-order valence-electron chi connectivity index (χ1n) is 17.3. The minimum Gasteiger partial charge on any atom is -0.490 e. The van der Waals surface area contributed by atoms with Gasteiger partial charge < -0.3 is 38.4 Å². The van der Waals surface area contributed by atoms with E-state index in [0.717, 1.165) is 53.2 Å². The van der Waals surface area contributed by atoms with Gasteiger partial charge in [0.2, 0.25) is 10.0 Å². The van der Waals surface area contributed by atoms with Gasteiger partial charge in [0.15, 0.2) is 0 Å². The lowest BCUT2D eigenvalue weighted by molar-refractivity contribution is -0.0916. The molecule has 50 heavy (non-hydrogen) atoms. The van der Waals surface area contributed by atoms with Gasteiger partial charge in [0, 0.05) is 46.4 Å². The Balaban J connectivity index is 1.44. The number of fused-ring (bicyclic) bond motifs is 1. The van der Waals surface area contributed by atoms with Crippen molar-refractivity contribution in [3.63, 3.8) is 0 Å². The minimum atomic E-state index is -3.87. The lowest BCUT2D eigenvalue weighted by Gasteiger charge is -2.43. The summed E-state index contributed by atoms with van der Waals surface area (Å²) in [5.41, 5.74) is 4.91. The molecule has 3 aromatic rings. The van der Waals surface area contributed by atoms with E-state index < -0.39 is 28.3 Å². The number of aryl methyl sites for hydroxylation is 1. The summed E-state index contributed by atoms with van der Waals surface area (Å²) in [5.74, 6) is 0.523. The number of hydrogen-bond acceptors (Lipinski definition) is 10. The van der Waals surface area contributed by atoms with Crippen LogP contribution in [0.15, 0.2) is 71.6 Å². The number of hydrogen-bond donors (Lipinski definition) is 1. The molecule has 12 heteroatoms. The van der Waals surface area contributed by atoms with E-state index in [0.29, 0.717) is 33.0 Å². The SMILES string of the molecule is COCCCN1CCOc2ccc(CO[C@H]3CN(S(=O)(=O)c4ccc(C)cc4)C[C@@H](OC[C@@H](C)O)[C@@H]3c3ccc(COCCOC)cc3)cc21. The van der Waals surface area contributed by atoms with Crippen LogP contribution in [0.25, 0.3) is 0 Å². The molecule has 0 amide bonds. The van der Waals surface area contributed by atoms with Crippen molar-refractivity contribution in [3.05, 3.63) is 89.0 Å². The summed E-state index contributed by atoms with van der Waals surface area (Å²) >= 11 is 0. The fourth-order valence-corrected chi connectivity index (χ4v) is 7.88. The van der Waals surface area contributed by atoms with Gasteiger partial charge in [0.05, 0.1) is 68.5 Å². The highest BCUT2D eigenvalue weighted by Crippen LogP contribution is 2.37. The molecule has 0 saturated carbocycles. The number of benzene rings is 3. The quantitative estimate of drug-likeness (QED) is 0.189. The average Bonchev–Trinajstić information content (AvgIpc) is 3.12. The highest BCUT2D eigenvalue weighted by Gasteiger charge is 2.43. The maximum Gasteiger partial charge on any atom is 0.243 e. The van der Waals surface area contributed by atoms with Crippen molar-refractivity contribution in [2.24, 2.45) is 0 Å². The molecule has 0 unspecified atom stereocenters. The van der Waals surface area contributed by atoms with Gasteiger partial charge in [-0.05, 0) is 61.2 Å². The maximum atomic E-state index is 14.1. The van der Waals surface area contributed by atoms with Gasteiger partial charge >= 0.3 is 0 Å². The van der Waals surface area contributed by atoms with Crippen molar-refractivity contribution in [2.45, 2.75) is 62.6 Å². The van der Waals surface area contributed by atoms with Crippen LogP contribution >= 0.6 is 0 Å². The second-order valence-electron chi connectivity index (χ2n) is 13.0. The van der Waals surface area contributed by atoms with E-state index in [9.17, 15) is 13.5 Å². The topological polar surface area (TPSA) is 116 Å². The standard InChI is InChI=1S/C38H52N2O9S/c1-28-6-13-33(14-7-28)50(42,43)40-23-36(48-25-29(2)41)38(32-11-8-30(9-12-32)26-46-21-20-45-4)37(24-40)49-27-31-10-15-35-34(22-31)39(17-19-47-35)16-5-18-44-3/h6-15,22,29,36-38,41H,5,16-21,23-27H2,1-4H3/t29-,36-,37+,38+/m1/s1. The number of sulfonamides is 1. The number of ether oxygens (including phenoxy) is 6. The summed E-state index contributed by atoms with van der Waals surface area (Å²) in [4.78, 5) is 2.52. The second kappa shape index (κ2) is 18.4. The first-order valence-corrected chi connectivity index (χ1v) is 18.8. The molecular formula is C38H52N2O9S. The summed E-state index contributed by atoms with van der Waals surface area (Å²) in [6.07, 6.45) is -0.967. The van der Waals surface area contributed by atoms with Gasteiger partial charge in [-0.3, -0.25) is 0 Å². The van der Waals surface area contributed by atoms with Crippen molar-refractivity contribution in [1.82, 2.24) is 4.31 Å². The average molecular weight is 713 g/mol. The predicted octanol–water partition coefficient (Wildman–Crippen LogP) is 4.53. The molecule has 0 bridgehead atoms. The molecule has 3 aromatic carbocycles. The summed E-state index contributed by atoms with van der Waals surface area (Å²) in [7, 11) is -0.521. The van der Waals surface area contributed by atoms with Crippen LogP contribution in [-0.4, -0.2) is 110 Å². The number of rotatable bonds is 18. The van der Waals surface area contributed by atoms with Crippen molar-refractivity contribution in [1.29, 1.82) is 0 Å². The minimum absolute atomic E-state index is 0.0570. The summed E-state index contributed by atoms with van der Waals surface area (Å²) in [6, 6.07) is 21.0. The predicted molar refractivity (Wildman–Crippen MR) is 191 cm³/mol. The van der Waals surface area contributed by atoms with Crippen LogP contribution in [-0.2, 0) is 46.9 Å². The Morgan fingerprint density at radius 1 is 0.880 bits per heavy atom. The fourth-order valence-electron chi connectivity index (χ4n) is 6.41. The third-order valence-electron chi connectivity index (χ3n) is 9.07. The van der Waals surface area contributed by atoms with Crippen LogP contribution in [0.3, 0.4) is 0 Å². The van der Waals surface area contributed by atoms with E-state index in [1.165, 1.54) is 4.31 Å². The molecule has 2 aliphatic heterocycles. The highest BCUT2D eigenvalue weighted by molar-refractivity contribution is 7.89. The van der Waals surface area contributed by atoms with Gasteiger partial charge in [-0.2, -0.15) is 4.31 Å². The van der Waals surface area contributed by atoms with Crippen molar-refractivity contribution < 1.29 is 41.9 Å². The Hall–Kier alpha value is -3.07. The second-order valence-corrected chi connectivity index (χ2v) is 14.9. The molecule has 1 fully saturated rings. The van der Waals surface area contributed by atoms with Gasteiger partial charge in [0.1, 0.15) is 12.4 Å². The van der Waals surface area contributed by atoms with E-state index in [4.69, 9.17) is 28.4 Å². The highest BCUT2D eigenvalue weighted by atomic mass is 32.2. The normalized spacial score (nSPS) is 20.3. The summed E-state index contributed by atoms with van der Waals surface area (Å²) in [6.45, 7) is 8.54. The Kier molecular flexibility index (Phi) is 14.1. The van der Waals surface area contributed by atoms with E-state index in [-0.39, 0.29) is 37.1 Å². The number of aliphatic hydroxyl groups excluding tert-OH is 1. The van der Waals surface area contributed by atoms with E-state index in [2.05, 4.69) is 11.0 Å². The number of piperidine rings is 1. The number of nitrogens with zero attached hydrogens (tertiary/aromatic N) is 2. The van der Waals surface area contributed by atoms with E-state index in [1.54, 1.807) is 45.4 Å². The molecule has 2 heterocycles. The molecule has 274 valence electrons. The summed E-state index contributed by atoms with van der Waals surface area (Å²) in [5, 5.41) is 10.2. The maximum absolute atomic E-state index is 14.1. The third-order valence-corrected chi connectivity index (χ3v) is 10.9. The van der Waals surface area contributed by atoms with Crippen LogP contribution < -0.4 is 9.64 Å². The molecule has 0 aliphatic carbocycles. The van der Waals surface area contributed by atoms with Crippen molar-refractivity contribution >= 4 is 15.7 Å². The third kappa shape index (κ3) is 10.0. The zero-order valence-electron chi connectivity index (χ0n) is 29.7. The Morgan fingerprint density at radius 3 is 2.28 bits per heavy atom. The molecule has 4 atom stereocenters. The lowest BCUT2D eigenvalue weighted by Crippen LogP contribution is -2.54. The lowest BCUT2D eigenvalue weighted by atomic mass is 9.85. The summed E-state index contributed by atoms with van der Waals surface area (Å²) < 4.78 is 64.7. The number of aliphatic hydroxyl groups is 1. The van der Waals surface area contributed by atoms with Crippen LogP contribution in [0, 0.1) is 6.92 Å². The van der Waals surface area contributed by atoms with Crippen LogP contribution in [0.1, 0.15) is 41.5 Å². The molecular weight excluding hydrogens is 660 g/mol. The number of anilines is 1. The van der Waals surface area contributed by atoms with Crippen molar-refractivity contribution in [3.8, 4) is 5.75 Å². The van der Waals surface area contributed by atoms with E-state index >= 15 is 0 Å². The van der Waals surface area contributed by atoms with Gasteiger partial charge in [-0.25, -0.2) is 8.42 Å². The Bertz CT molecular complexity index is 1580.